The van der Waals surface area contributed by atoms with Crippen LogP contribution in [-0.4, -0.2) is 71.1 Å². The van der Waals surface area contributed by atoms with Crippen molar-refractivity contribution >= 4 is 35.7 Å². The molecule has 0 saturated heterocycles. The number of allylic oxidation sites excluding steroid dienone is 4. The second kappa shape index (κ2) is 13.3. The SMILES string of the molecule is C=N\C=C(/C=c1/c(-c2nc3c([nH]2)CC=CC=C3c2cc(F)cc(NCCN(C)C)c2)n[nH]/c1=C\C)c1cncc(OC)c1. The first kappa shape index (κ1) is 29.4. The zero-order valence-electron chi connectivity index (χ0n) is 24.8. The summed E-state index contributed by atoms with van der Waals surface area (Å²) in [5.74, 6) is 0.911. The van der Waals surface area contributed by atoms with Gasteiger partial charge in [-0.25, -0.2) is 9.37 Å². The van der Waals surface area contributed by atoms with Crippen molar-refractivity contribution in [2.75, 3.05) is 39.6 Å². The van der Waals surface area contributed by atoms with E-state index in [1.165, 1.54) is 6.07 Å². The lowest BCUT2D eigenvalue weighted by atomic mass is 10.0. The second-order valence-electron chi connectivity index (χ2n) is 10.3. The van der Waals surface area contributed by atoms with E-state index < -0.39 is 0 Å². The Morgan fingerprint density at radius 3 is 2.84 bits per heavy atom. The molecule has 1 aliphatic carbocycles. The topological polar surface area (TPSA) is 107 Å². The Morgan fingerprint density at radius 2 is 2.07 bits per heavy atom. The molecule has 9 nitrogen and oxygen atoms in total. The summed E-state index contributed by atoms with van der Waals surface area (Å²) in [6.07, 6.45) is 15.6. The first-order valence-corrected chi connectivity index (χ1v) is 13.9. The van der Waals surface area contributed by atoms with E-state index in [2.05, 4.69) is 48.2 Å². The Kier molecular flexibility index (Phi) is 9.07. The molecule has 3 N–H and O–H groups in total. The molecule has 1 aromatic carbocycles. The van der Waals surface area contributed by atoms with Gasteiger partial charge < -0.3 is 19.9 Å². The highest BCUT2D eigenvalue weighted by Gasteiger charge is 2.20. The van der Waals surface area contributed by atoms with E-state index in [4.69, 9.17) is 9.72 Å². The minimum Gasteiger partial charge on any atom is -0.495 e. The van der Waals surface area contributed by atoms with Crippen molar-refractivity contribution in [3.05, 3.63) is 100.0 Å². The number of anilines is 1. The maximum Gasteiger partial charge on any atom is 0.159 e. The summed E-state index contributed by atoms with van der Waals surface area (Å²) >= 11 is 0. The molecule has 10 heteroatoms. The molecule has 4 aromatic rings. The van der Waals surface area contributed by atoms with Gasteiger partial charge in [0.05, 0.1) is 24.3 Å². The molecule has 0 radical (unpaired) electrons. The number of nitrogens with zero attached hydrogens (tertiary/aromatic N) is 5. The summed E-state index contributed by atoms with van der Waals surface area (Å²) in [7, 11) is 5.61. The molecule has 1 aliphatic rings. The number of aromatic amines is 2. The quantitative estimate of drug-likeness (QED) is 0.244. The number of pyridine rings is 1. The van der Waals surface area contributed by atoms with Gasteiger partial charge in [-0.05, 0) is 63.6 Å². The van der Waals surface area contributed by atoms with Gasteiger partial charge in [-0.1, -0.05) is 24.3 Å². The van der Waals surface area contributed by atoms with Crippen LogP contribution in [0.1, 0.15) is 29.4 Å². The van der Waals surface area contributed by atoms with Crippen molar-refractivity contribution in [2.45, 2.75) is 13.3 Å². The minimum absolute atomic E-state index is 0.314. The lowest BCUT2D eigenvalue weighted by Crippen LogP contribution is -2.23. The van der Waals surface area contributed by atoms with Gasteiger partial charge in [-0.2, -0.15) is 5.10 Å². The third-order valence-corrected chi connectivity index (χ3v) is 7.01. The summed E-state index contributed by atoms with van der Waals surface area (Å²) in [5.41, 5.74) is 6.18. The van der Waals surface area contributed by atoms with E-state index in [1.807, 2.05) is 57.5 Å². The van der Waals surface area contributed by atoms with Crippen LogP contribution in [0.5, 0.6) is 5.75 Å². The molecule has 0 amide bonds. The number of ether oxygens (including phenoxy) is 1. The van der Waals surface area contributed by atoms with Crippen LogP contribution in [0.2, 0.25) is 0 Å². The van der Waals surface area contributed by atoms with Crippen molar-refractivity contribution in [1.82, 2.24) is 30.0 Å². The molecule has 0 aliphatic heterocycles. The van der Waals surface area contributed by atoms with Crippen molar-refractivity contribution in [1.29, 1.82) is 0 Å². The van der Waals surface area contributed by atoms with Crippen LogP contribution in [0, 0.1) is 5.82 Å². The van der Waals surface area contributed by atoms with E-state index in [0.29, 0.717) is 30.2 Å². The summed E-state index contributed by atoms with van der Waals surface area (Å²) in [4.78, 5) is 18.9. The minimum atomic E-state index is -0.314. The predicted molar refractivity (Wildman–Crippen MR) is 172 cm³/mol. The number of hydrogen-bond acceptors (Lipinski definition) is 7. The second-order valence-corrected chi connectivity index (χ2v) is 10.3. The maximum atomic E-state index is 14.8. The number of aromatic nitrogens is 5. The Labute approximate surface area is 250 Å². The van der Waals surface area contributed by atoms with Crippen molar-refractivity contribution < 1.29 is 9.13 Å². The molecule has 0 atom stereocenters. The molecular formula is C33H35FN8O. The Balaban J connectivity index is 1.58. The summed E-state index contributed by atoms with van der Waals surface area (Å²) in [5, 5.41) is 12.7. The molecule has 220 valence electrons. The summed E-state index contributed by atoms with van der Waals surface area (Å²) in [6, 6.07) is 6.90. The third kappa shape index (κ3) is 6.70. The summed E-state index contributed by atoms with van der Waals surface area (Å²) < 4.78 is 20.2. The van der Waals surface area contributed by atoms with Crippen LogP contribution < -0.4 is 20.6 Å². The molecule has 43 heavy (non-hydrogen) atoms. The highest BCUT2D eigenvalue weighted by molar-refractivity contribution is 5.90. The highest BCUT2D eigenvalue weighted by atomic mass is 19.1. The fourth-order valence-electron chi connectivity index (χ4n) is 4.87. The van der Waals surface area contributed by atoms with Crippen LogP contribution in [0.15, 0.2) is 66.1 Å². The van der Waals surface area contributed by atoms with Gasteiger partial charge in [0.1, 0.15) is 17.3 Å². The molecular weight excluding hydrogens is 543 g/mol. The average molecular weight is 579 g/mol. The molecule has 0 fully saturated rings. The zero-order chi connectivity index (χ0) is 30.3. The van der Waals surface area contributed by atoms with Crippen LogP contribution >= 0.6 is 0 Å². The number of hydrogen-bond donors (Lipinski definition) is 3. The lowest BCUT2D eigenvalue weighted by Gasteiger charge is -2.13. The van der Waals surface area contributed by atoms with Gasteiger partial charge in [0.2, 0.25) is 0 Å². The number of likely N-dealkylation sites (N-methyl/N-ethyl adjacent to an activating group) is 1. The van der Waals surface area contributed by atoms with Gasteiger partial charge in [-0.15, -0.1) is 0 Å². The molecule has 0 unspecified atom stereocenters. The molecule has 3 heterocycles. The first-order chi connectivity index (χ1) is 20.9. The fraction of sp³-hybridized carbons (Fsp3) is 0.212. The number of imidazole rings is 1. The number of aliphatic imine (C=N–C) groups is 1. The molecule has 0 spiro atoms. The van der Waals surface area contributed by atoms with Gasteiger partial charge >= 0.3 is 0 Å². The summed E-state index contributed by atoms with van der Waals surface area (Å²) in [6.45, 7) is 7.12. The van der Waals surface area contributed by atoms with E-state index in [0.717, 1.165) is 56.5 Å². The number of benzene rings is 1. The Hall–Kier alpha value is -5.09. The van der Waals surface area contributed by atoms with E-state index in [1.54, 1.807) is 31.8 Å². The maximum absolute atomic E-state index is 14.8. The third-order valence-electron chi connectivity index (χ3n) is 7.01. The van der Waals surface area contributed by atoms with Crippen LogP contribution in [0.4, 0.5) is 10.1 Å². The van der Waals surface area contributed by atoms with Gasteiger partial charge in [0.25, 0.3) is 0 Å². The van der Waals surface area contributed by atoms with Crippen molar-refractivity contribution in [3.63, 3.8) is 0 Å². The van der Waals surface area contributed by atoms with Gasteiger partial charge in [-0.3, -0.25) is 15.1 Å². The number of halogens is 1. The smallest absolute Gasteiger partial charge is 0.159 e. The van der Waals surface area contributed by atoms with Crippen LogP contribution in [-0.2, 0) is 6.42 Å². The molecule has 0 saturated carbocycles. The average Bonchev–Trinajstić information content (AvgIpc) is 3.54. The van der Waals surface area contributed by atoms with Crippen LogP contribution in [0.25, 0.3) is 34.8 Å². The number of rotatable bonds is 10. The number of H-pyrrole nitrogens is 2. The van der Waals surface area contributed by atoms with E-state index >= 15 is 0 Å². The van der Waals surface area contributed by atoms with Gasteiger partial charge in [0.15, 0.2) is 5.82 Å². The normalized spacial score (nSPS) is 14.1. The highest BCUT2D eigenvalue weighted by Crippen LogP contribution is 2.31. The first-order valence-electron chi connectivity index (χ1n) is 13.9. The number of methoxy groups -OCH3 is 1. The molecule has 3 aromatic heterocycles. The van der Waals surface area contributed by atoms with Crippen LogP contribution in [0.3, 0.4) is 0 Å². The number of fused-ring (bicyclic) bond motifs is 1. The largest absolute Gasteiger partial charge is 0.495 e. The zero-order valence-corrected chi connectivity index (χ0v) is 24.8. The fourth-order valence-corrected chi connectivity index (χ4v) is 4.87. The van der Waals surface area contributed by atoms with Crippen molar-refractivity contribution in [2.24, 2.45) is 4.99 Å². The van der Waals surface area contributed by atoms with E-state index in [9.17, 15) is 4.39 Å². The van der Waals surface area contributed by atoms with Gasteiger partial charge in [0, 0.05) is 65.2 Å². The Bertz CT molecular complexity index is 1840. The number of nitrogens with one attached hydrogen (secondary N) is 3. The Morgan fingerprint density at radius 1 is 1.21 bits per heavy atom. The standard InChI is InChI=1S/C33H35FN8O/c1-6-29-28(16-23(18-35-2)22-15-26(43-5)20-36-19-22)32(41-40-29)33-38-30-10-8-7-9-27(31(30)39-33)21-13-24(34)17-25(14-21)37-11-12-42(3)4/h6-9,13-20,37,40H,2,10-12H2,1,3-5H3,(H,38,39)/b23-18+,28-16+,29-6-. The van der Waals surface area contributed by atoms with Crippen molar-refractivity contribution in [3.8, 4) is 17.3 Å². The predicted octanol–water partition coefficient (Wildman–Crippen LogP) is 4.18. The molecule has 0 bridgehead atoms. The monoisotopic (exact) mass is 578 g/mol. The lowest BCUT2D eigenvalue weighted by molar-refractivity contribution is 0.413. The van der Waals surface area contributed by atoms with E-state index in [-0.39, 0.29) is 5.82 Å². The molecule has 5 rings (SSSR count).